The van der Waals surface area contributed by atoms with Crippen LogP contribution in [0.3, 0.4) is 0 Å². The van der Waals surface area contributed by atoms with E-state index >= 15 is 0 Å². The van der Waals surface area contributed by atoms with Crippen LogP contribution in [0, 0.1) is 0 Å². The minimum absolute atomic E-state index is 0.298. The van der Waals surface area contributed by atoms with Gasteiger partial charge in [-0.2, -0.15) is 0 Å². The van der Waals surface area contributed by atoms with Crippen molar-refractivity contribution in [1.82, 2.24) is 4.90 Å². The molecule has 0 saturated heterocycles. The van der Waals surface area contributed by atoms with E-state index in [0.29, 0.717) is 6.23 Å². The fraction of sp³-hybridized carbons (Fsp3) is 1.00. The summed E-state index contributed by atoms with van der Waals surface area (Å²) in [5.41, 5.74) is 0. The summed E-state index contributed by atoms with van der Waals surface area (Å²) in [6.45, 7) is 6.57. The first-order valence-electron chi connectivity index (χ1n) is 4.43. The van der Waals surface area contributed by atoms with Crippen LogP contribution < -0.4 is 0 Å². The summed E-state index contributed by atoms with van der Waals surface area (Å²) in [7, 11) is 4.11. The van der Waals surface area contributed by atoms with Crippen LogP contribution in [0.4, 0.5) is 0 Å². The van der Waals surface area contributed by atoms with Crippen molar-refractivity contribution in [2.24, 2.45) is 0 Å². The maximum atomic E-state index is 5.88. The first-order chi connectivity index (χ1) is 5.11. The molecule has 0 fully saturated rings. The summed E-state index contributed by atoms with van der Waals surface area (Å²) in [6, 6.07) is 0. The van der Waals surface area contributed by atoms with E-state index in [4.69, 9.17) is 3.79 Å². The number of hydrogen-bond donors (Lipinski definition) is 0. The second-order valence-corrected chi connectivity index (χ2v) is 6.29. The Bertz CT molecular complexity index is 94.1. The molecule has 0 spiro atoms. The van der Waals surface area contributed by atoms with Crippen LogP contribution in [0.5, 0.6) is 0 Å². The average Bonchev–Trinajstić information content (AvgIpc) is 1.99. The molecule has 0 rings (SSSR count). The smallest absolute Gasteiger partial charge is 0.461 e. The fourth-order valence-electron chi connectivity index (χ4n) is 0.881. The highest BCUT2D eigenvalue weighted by Gasteiger charge is 2.18. The maximum Gasteiger partial charge on any atom is 0.461 e. The Labute approximate surface area is 75.3 Å². The Hall–Kier alpha value is 0.452. The highest BCUT2D eigenvalue weighted by molar-refractivity contribution is 6.51. The third-order valence-corrected chi connectivity index (χ3v) is 4.63. The molecule has 3 heteroatoms. The van der Waals surface area contributed by atoms with Crippen molar-refractivity contribution in [3.63, 3.8) is 0 Å². The minimum Gasteiger partial charge on any atom is -0.487 e. The zero-order valence-corrected chi connectivity index (χ0v) is 9.58. The van der Waals surface area contributed by atoms with Crippen LogP contribution in [-0.4, -0.2) is 39.7 Å². The predicted octanol–water partition coefficient (Wildman–Crippen LogP) is 1.94. The molecule has 66 valence electrons. The van der Waals surface area contributed by atoms with Crippen LogP contribution in [0.15, 0.2) is 0 Å². The third kappa shape index (κ3) is 4.82. The molecule has 0 aromatic heterocycles. The summed E-state index contributed by atoms with van der Waals surface area (Å²) < 4.78 is 5.88. The molecule has 0 aliphatic rings. The number of hydrogen-bond acceptors (Lipinski definition) is 2. The molecule has 0 bridgehead atoms. The molecule has 11 heavy (non-hydrogen) atoms. The molecule has 0 aromatic rings. The standard InChI is InChI=1S/C4H10NO.2C2H5.Al/c1-4(6)5(2)3;2*1-2;/h4H,1-3H3;2*1H2,2H3;/q-1;;;+1. The SMILES string of the molecule is C[CH2][Al]([CH2]C)[O]C(C)N(C)C. The van der Waals surface area contributed by atoms with Crippen LogP contribution in [0.2, 0.25) is 10.6 Å². The van der Waals surface area contributed by atoms with Gasteiger partial charge in [-0.05, 0) is 21.0 Å². The van der Waals surface area contributed by atoms with Gasteiger partial charge in [-0.25, -0.2) is 0 Å². The van der Waals surface area contributed by atoms with Gasteiger partial charge in [-0.15, -0.1) is 0 Å². The van der Waals surface area contributed by atoms with E-state index in [0.717, 1.165) is 0 Å². The van der Waals surface area contributed by atoms with E-state index < -0.39 is 14.5 Å². The molecule has 2 nitrogen and oxygen atoms in total. The average molecular weight is 173 g/mol. The van der Waals surface area contributed by atoms with Crippen LogP contribution >= 0.6 is 0 Å². The first-order valence-corrected chi connectivity index (χ1v) is 6.54. The second-order valence-electron chi connectivity index (χ2n) is 3.14. The van der Waals surface area contributed by atoms with Crippen molar-refractivity contribution in [2.45, 2.75) is 37.6 Å². The summed E-state index contributed by atoms with van der Waals surface area (Å²) in [5.74, 6) is 0. The minimum atomic E-state index is -0.848. The highest BCUT2D eigenvalue weighted by Crippen LogP contribution is 2.05. The van der Waals surface area contributed by atoms with Crippen molar-refractivity contribution >= 4 is 14.5 Å². The summed E-state index contributed by atoms with van der Waals surface area (Å²) in [5, 5.41) is 2.49. The molecule has 0 aromatic carbocycles. The zero-order valence-electron chi connectivity index (χ0n) is 8.42. The van der Waals surface area contributed by atoms with Crippen molar-refractivity contribution < 1.29 is 3.79 Å². The van der Waals surface area contributed by atoms with Gasteiger partial charge in [0.1, 0.15) is 0 Å². The molecule has 0 radical (unpaired) electrons. The number of nitrogens with zero attached hydrogens (tertiary/aromatic N) is 1. The predicted molar refractivity (Wildman–Crippen MR) is 51.0 cm³/mol. The van der Waals surface area contributed by atoms with Gasteiger partial charge in [0.05, 0.1) is 6.23 Å². The van der Waals surface area contributed by atoms with E-state index in [1.807, 2.05) is 0 Å². The van der Waals surface area contributed by atoms with Gasteiger partial charge in [-0.3, -0.25) is 4.90 Å². The quantitative estimate of drug-likeness (QED) is 0.465. The van der Waals surface area contributed by atoms with Crippen LogP contribution in [0.1, 0.15) is 20.8 Å². The van der Waals surface area contributed by atoms with Crippen LogP contribution in [0.25, 0.3) is 0 Å². The number of rotatable bonds is 5. The lowest BCUT2D eigenvalue weighted by atomic mass is 10.6. The summed E-state index contributed by atoms with van der Waals surface area (Å²) in [6.07, 6.45) is 0.298. The van der Waals surface area contributed by atoms with Crippen molar-refractivity contribution in [3.8, 4) is 0 Å². The molecular formula is C8H20AlNO. The van der Waals surface area contributed by atoms with Gasteiger partial charge in [0, 0.05) is 0 Å². The lowest BCUT2D eigenvalue weighted by Crippen LogP contribution is -2.33. The maximum absolute atomic E-state index is 5.88. The Morgan fingerprint density at radius 2 is 1.73 bits per heavy atom. The lowest BCUT2D eigenvalue weighted by Gasteiger charge is -2.24. The molecule has 1 unspecified atom stereocenters. The fourth-order valence-corrected chi connectivity index (χ4v) is 2.64. The summed E-state index contributed by atoms with van der Waals surface area (Å²) in [4.78, 5) is 2.12. The van der Waals surface area contributed by atoms with E-state index in [1.165, 1.54) is 10.6 Å². The largest absolute Gasteiger partial charge is 0.487 e. The topological polar surface area (TPSA) is 12.5 Å². The van der Waals surface area contributed by atoms with Gasteiger partial charge < -0.3 is 3.79 Å². The molecule has 0 aliphatic heterocycles. The highest BCUT2D eigenvalue weighted by atomic mass is 27.2. The van der Waals surface area contributed by atoms with E-state index in [-0.39, 0.29) is 0 Å². The van der Waals surface area contributed by atoms with Crippen molar-refractivity contribution in [3.05, 3.63) is 0 Å². The van der Waals surface area contributed by atoms with E-state index in [2.05, 4.69) is 39.8 Å². The van der Waals surface area contributed by atoms with Gasteiger partial charge >= 0.3 is 14.5 Å². The Morgan fingerprint density at radius 1 is 1.27 bits per heavy atom. The second kappa shape index (κ2) is 6.02. The first kappa shape index (κ1) is 11.5. The van der Waals surface area contributed by atoms with Gasteiger partial charge in [0.15, 0.2) is 0 Å². The van der Waals surface area contributed by atoms with Crippen LogP contribution in [-0.2, 0) is 3.79 Å². The monoisotopic (exact) mass is 173 g/mol. The van der Waals surface area contributed by atoms with E-state index in [1.54, 1.807) is 0 Å². The molecule has 0 aliphatic carbocycles. The van der Waals surface area contributed by atoms with Gasteiger partial charge in [0.2, 0.25) is 0 Å². The lowest BCUT2D eigenvalue weighted by molar-refractivity contribution is 0.0789. The van der Waals surface area contributed by atoms with Gasteiger partial charge in [0.25, 0.3) is 0 Å². The molecule has 1 atom stereocenters. The Kier molecular flexibility index (Phi) is 6.27. The molecule has 0 N–H and O–H groups in total. The van der Waals surface area contributed by atoms with Crippen molar-refractivity contribution in [1.29, 1.82) is 0 Å². The van der Waals surface area contributed by atoms with Gasteiger partial charge in [-0.1, -0.05) is 24.4 Å². The normalized spacial score (nSPS) is 13.6. The van der Waals surface area contributed by atoms with E-state index in [9.17, 15) is 0 Å². The van der Waals surface area contributed by atoms with Crippen molar-refractivity contribution in [2.75, 3.05) is 14.1 Å². The third-order valence-electron chi connectivity index (χ3n) is 2.03. The summed E-state index contributed by atoms with van der Waals surface area (Å²) >= 11 is -0.848. The molecule has 0 heterocycles. The zero-order chi connectivity index (χ0) is 8.85. The Morgan fingerprint density at radius 3 is 2.00 bits per heavy atom. The Balaban J connectivity index is 3.62. The molecule has 0 amide bonds. The molecular weight excluding hydrogens is 153 g/mol. The molecule has 0 saturated carbocycles.